The predicted molar refractivity (Wildman–Crippen MR) is 73.9 cm³/mol. The Bertz CT molecular complexity index is 508. The van der Waals surface area contributed by atoms with Gasteiger partial charge >= 0.3 is 6.18 Å². The summed E-state index contributed by atoms with van der Waals surface area (Å²) in [5.74, 6) is -0.144. The second-order valence-corrected chi connectivity index (χ2v) is 5.46. The minimum atomic E-state index is -4.36. The number of hydrogen-bond donors (Lipinski definition) is 2. The lowest BCUT2D eigenvalue weighted by Gasteiger charge is -2.38. The molecule has 1 fully saturated rings. The van der Waals surface area contributed by atoms with Crippen LogP contribution >= 0.6 is 0 Å². The lowest BCUT2D eigenvalue weighted by atomic mass is 9.70. The van der Waals surface area contributed by atoms with Crippen LogP contribution in [0.15, 0.2) is 24.3 Å². The third-order valence-electron chi connectivity index (χ3n) is 4.14. The first-order valence-electron chi connectivity index (χ1n) is 6.96. The van der Waals surface area contributed by atoms with E-state index in [-0.39, 0.29) is 12.3 Å². The molecule has 0 aromatic heterocycles. The van der Waals surface area contributed by atoms with E-state index in [0.29, 0.717) is 31.5 Å². The summed E-state index contributed by atoms with van der Waals surface area (Å²) in [6.07, 6.45) is -2.84. The van der Waals surface area contributed by atoms with Crippen molar-refractivity contribution >= 4 is 5.91 Å². The summed E-state index contributed by atoms with van der Waals surface area (Å²) in [5, 5.41) is 5.76. The van der Waals surface area contributed by atoms with E-state index in [1.807, 2.05) is 0 Å². The molecule has 2 rings (SSSR count). The van der Waals surface area contributed by atoms with Gasteiger partial charge in [-0.05, 0) is 37.6 Å². The van der Waals surface area contributed by atoms with Crippen LogP contribution in [0.4, 0.5) is 13.2 Å². The van der Waals surface area contributed by atoms with Crippen molar-refractivity contribution in [1.29, 1.82) is 0 Å². The Morgan fingerprint density at radius 1 is 1.33 bits per heavy atom. The number of halogens is 3. The van der Waals surface area contributed by atoms with E-state index in [1.165, 1.54) is 12.1 Å². The van der Waals surface area contributed by atoms with E-state index < -0.39 is 17.2 Å². The van der Waals surface area contributed by atoms with E-state index in [0.717, 1.165) is 6.07 Å². The molecule has 6 heteroatoms. The van der Waals surface area contributed by atoms with Gasteiger partial charge in [0.15, 0.2) is 0 Å². The minimum absolute atomic E-state index is 0.144. The Hall–Kier alpha value is -1.56. The second-order valence-electron chi connectivity index (χ2n) is 5.46. The number of carbonyl (C=O) groups is 1. The van der Waals surface area contributed by atoms with Crippen LogP contribution in [-0.2, 0) is 16.4 Å². The Kier molecular flexibility index (Phi) is 4.56. The molecule has 1 aromatic rings. The van der Waals surface area contributed by atoms with Crippen LogP contribution in [0.25, 0.3) is 0 Å². The van der Waals surface area contributed by atoms with Gasteiger partial charge in [-0.15, -0.1) is 0 Å². The Labute approximate surface area is 121 Å². The summed E-state index contributed by atoms with van der Waals surface area (Å²) in [6, 6.07) is 5.38. The van der Waals surface area contributed by atoms with Crippen molar-refractivity contribution in [3.63, 3.8) is 0 Å². The van der Waals surface area contributed by atoms with Gasteiger partial charge in [0.1, 0.15) is 0 Å². The summed E-state index contributed by atoms with van der Waals surface area (Å²) in [7, 11) is 1.54. The van der Waals surface area contributed by atoms with Gasteiger partial charge in [0.25, 0.3) is 0 Å². The molecule has 2 N–H and O–H groups in total. The van der Waals surface area contributed by atoms with Crippen LogP contribution < -0.4 is 10.6 Å². The Morgan fingerprint density at radius 2 is 2.00 bits per heavy atom. The largest absolute Gasteiger partial charge is 0.416 e. The van der Waals surface area contributed by atoms with Crippen molar-refractivity contribution in [1.82, 2.24) is 10.6 Å². The molecular formula is C15H19F3N2O. The number of piperidine rings is 1. The fraction of sp³-hybridized carbons (Fsp3) is 0.533. The number of nitrogens with one attached hydrogen (secondary N) is 2. The van der Waals surface area contributed by atoms with Gasteiger partial charge in [0.2, 0.25) is 5.91 Å². The molecule has 0 saturated carbocycles. The zero-order valence-electron chi connectivity index (χ0n) is 11.9. The van der Waals surface area contributed by atoms with Gasteiger partial charge in [-0.25, -0.2) is 0 Å². The smallest absolute Gasteiger partial charge is 0.359 e. The van der Waals surface area contributed by atoms with Crippen LogP contribution in [0, 0.1) is 0 Å². The molecule has 1 amide bonds. The number of alkyl halides is 3. The summed E-state index contributed by atoms with van der Waals surface area (Å²) < 4.78 is 38.7. The number of hydrogen-bond acceptors (Lipinski definition) is 2. The third kappa shape index (κ3) is 3.56. The van der Waals surface area contributed by atoms with Gasteiger partial charge in [-0.2, -0.15) is 13.2 Å². The first kappa shape index (κ1) is 15.8. The normalized spacial score (nSPS) is 18.3. The van der Waals surface area contributed by atoms with E-state index in [2.05, 4.69) is 10.6 Å². The number of amides is 1. The first-order valence-corrected chi connectivity index (χ1v) is 6.96. The molecule has 0 spiro atoms. The average Bonchev–Trinajstić information content (AvgIpc) is 2.47. The molecule has 0 radical (unpaired) electrons. The van der Waals surface area contributed by atoms with Crippen LogP contribution in [0.3, 0.4) is 0 Å². The molecule has 1 aliphatic rings. The van der Waals surface area contributed by atoms with Gasteiger partial charge in [-0.3, -0.25) is 4.79 Å². The summed E-state index contributed by atoms with van der Waals surface area (Å²) >= 11 is 0. The fourth-order valence-electron chi connectivity index (χ4n) is 2.89. The highest BCUT2D eigenvalue weighted by atomic mass is 19.4. The highest BCUT2D eigenvalue weighted by Gasteiger charge is 2.38. The van der Waals surface area contributed by atoms with Crippen LogP contribution in [-0.4, -0.2) is 26.0 Å². The average molecular weight is 300 g/mol. The highest BCUT2D eigenvalue weighted by Crippen LogP contribution is 2.39. The molecule has 116 valence electrons. The molecule has 1 saturated heterocycles. The highest BCUT2D eigenvalue weighted by molar-refractivity contribution is 5.77. The molecule has 0 aliphatic carbocycles. The maximum absolute atomic E-state index is 12.9. The lowest BCUT2D eigenvalue weighted by molar-refractivity contribution is -0.137. The van der Waals surface area contributed by atoms with Crippen LogP contribution in [0.5, 0.6) is 0 Å². The van der Waals surface area contributed by atoms with E-state index >= 15 is 0 Å². The quantitative estimate of drug-likeness (QED) is 0.900. The van der Waals surface area contributed by atoms with Crippen molar-refractivity contribution < 1.29 is 18.0 Å². The molecule has 1 heterocycles. The molecule has 1 aliphatic heterocycles. The van der Waals surface area contributed by atoms with Gasteiger partial charge in [0, 0.05) is 18.9 Å². The Morgan fingerprint density at radius 3 is 2.57 bits per heavy atom. The topological polar surface area (TPSA) is 41.1 Å². The summed E-state index contributed by atoms with van der Waals surface area (Å²) in [6.45, 7) is 1.40. The fourth-order valence-corrected chi connectivity index (χ4v) is 2.89. The van der Waals surface area contributed by atoms with E-state index in [4.69, 9.17) is 0 Å². The second kappa shape index (κ2) is 6.05. The van der Waals surface area contributed by atoms with Crippen molar-refractivity contribution in [2.75, 3.05) is 20.1 Å². The number of benzene rings is 1. The first-order chi connectivity index (χ1) is 9.87. The molecule has 1 aromatic carbocycles. The van der Waals surface area contributed by atoms with Gasteiger partial charge in [0.05, 0.1) is 5.56 Å². The number of carbonyl (C=O) groups excluding carboxylic acids is 1. The standard InChI is InChI=1S/C15H19F3N2O/c1-19-13(21)10-14(5-7-20-8-6-14)11-3-2-4-12(9-11)15(16,17)18/h2-4,9,20H,5-8,10H2,1H3,(H,19,21). The lowest BCUT2D eigenvalue weighted by Crippen LogP contribution is -2.43. The van der Waals surface area contributed by atoms with E-state index in [1.54, 1.807) is 13.1 Å². The molecule has 0 unspecified atom stereocenters. The molecule has 0 atom stereocenters. The van der Waals surface area contributed by atoms with Crippen molar-refractivity contribution in [3.8, 4) is 0 Å². The van der Waals surface area contributed by atoms with Crippen LogP contribution in [0.2, 0.25) is 0 Å². The maximum atomic E-state index is 12.9. The zero-order chi connectivity index (χ0) is 15.5. The number of rotatable bonds is 3. The minimum Gasteiger partial charge on any atom is -0.359 e. The Balaban J connectivity index is 2.39. The van der Waals surface area contributed by atoms with Gasteiger partial charge in [-0.1, -0.05) is 18.2 Å². The zero-order valence-corrected chi connectivity index (χ0v) is 11.9. The summed E-state index contributed by atoms with van der Waals surface area (Å²) in [4.78, 5) is 11.8. The molecular weight excluding hydrogens is 281 g/mol. The monoisotopic (exact) mass is 300 g/mol. The molecule has 21 heavy (non-hydrogen) atoms. The molecule has 0 bridgehead atoms. The van der Waals surface area contributed by atoms with Crippen molar-refractivity contribution in [2.24, 2.45) is 0 Å². The van der Waals surface area contributed by atoms with Crippen molar-refractivity contribution in [3.05, 3.63) is 35.4 Å². The summed E-state index contributed by atoms with van der Waals surface area (Å²) in [5.41, 5.74) is -0.579. The maximum Gasteiger partial charge on any atom is 0.416 e. The van der Waals surface area contributed by atoms with Gasteiger partial charge < -0.3 is 10.6 Å². The predicted octanol–water partition coefficient (Wildman–Crippen LogP) is 2.46. The van der Waals surface area contributed by atoms with Crippen molar-refractivity contribution in [2.45, 2.75) is 30.9 Å². The van der Waals surface area contributed by atoms with Crippen LogP contribution in [0.1, 0.15) is 30.4 Å². The third-order valence-corrected chi connectivity index (χ3v) is 4.14. The SMILES string of the molecule is CNC(=O)CC1(c2cccc(C(F)(F)F)c2)CCNCC1. The van der Waals surface area contributed by atoms with E-state index in [9.17, 15) is 18.0 Å². The molecule has 3 nitrogen and oxygen atoms in total.